The predicted molar refractivity (Wildman–Crippen MR) is 180 cm³/mol. The molecule has 0 aromatic heterocycles. The number of allylic oxidation sites excluding steroid dienone is 1. The number of hydrogen-bond donors (Lipinski definition) is 2. The third kappa shape index (κ3) is 9.99. The van der Waals surface area contributed by atoms with Crippen molar-refractivity contribution in [2.24, 2.45) is 4.99 Å². The van der Waals surface area contributed by atoms with Gasteiger partial charge in [0.15, 0.2) is 0 Å². The van der Waals surface area contributed by atoms with Crippen LogP contribution in [0.2, 0.25) is 0 Å². The number of dihydropyridines is 1. The highest BCUT2D eigenvalue weighted by atomic mass is 16.1. The lowest BCUT2D eigenvalue weighted by Crippen LogP contribution is -2.42. The van der Waals surface area contributed by atoms with Gasteiger partial charge in [-0.05, 0) is 117 Å². The summed E-state index contributed by atoms with van der Waals surface area (Å²) in [5.74, 6) is 6.85. The summed E-state index contributed by atoms with van der Waals surface area (Å²) in [7, 11) is 6.41. The van der Waals surface area contributed by atoms with Crippen molar-refractivity contribution in [2.75, 3.05) is 52.2 Å². The average Bonchev–Trinajstić information content (AvgIpc) is 2.97. The van der Waals surface area contributed by atoms with E-state index >= 15 is 0 Å². The summed E-state index contributed by atoms with van der Waals surface area (Å²) >= 11 is 0. The number of amides is 1. The lowest BCUT2D eigenvalue weighted by atomic mass is 9.88. The molecule has 0 unspecified atom stereocenters. The van der Waals surface area contributed by atoms with Crippen molar-refractivity contribution in [1.82, 2.24) is 15.5 Å². The summed E-state index contributed by atoms with van der Waals surface area (Å²) in [4.78, 5) is 23.2. The highest BCUT2D eigenvalue weighted by Crippen LogP contribution is 2.33. The van der Waals surface area contributed by atoms with E-state index in [-0.39, 0.29) is 5.91 Å². The van der Waals surface area contributed by atoms with E-state index in [1.165, 1.54) is 73.9 Å². The zero-order chi connectivity index (χ0) is 30.5. The Morgan fingerprint density at radius 2 is 1.69 bits per heavy atom. The van der Waals surface area contributed by atoms with E-state index in [0.29, 0.717) is 25.2 Å². The molecule has 1 aromatic carbocycles. The molecule has 0 spiro atoms. The average molecular weight is 576 g/mol. The number of nitrogens with zero attached hydrogens (tertiary/aromatic N) is 3. The minimum absolute atomic E-state index is 0.0158. The fraction of sp³-hybridized carbons (Fsp3) is 0.667. The number of nitrogens with one attached hydrogen (secondary N) is 2. The summed E-state index contributed by atoms with van der Waals surface area (Å²) in [5, 5.41) is 6.45. The Labute approximate surface area is 256 Å². The second-order valence-corrected chi connectivity index (χ2v) is 12.6. The van der Waals surface area contributed by atoms with Crippen molar-refractivity contribution in [1.29, 1.82) is 0 Å². The molecule has 1 aromatic rings. The first-order valence-corrected chi connectivity index (χ1v) is 16.4. The number of benzene rings is 1. The van der Waals surface area contributed by atoms with E-state index in [1.807, 2.05) is 13.1 Å². The zero-order valence-corrected chi connectivity index (χ0v) is 27.7. The number of rotatable bonds is 14. The first-order chi connectivity index (χ1) is 20.2. The molecule has 2 aliphatic rings. The highest BCUT2D eigenvalue weighted by Gasteiger charge is 2.28. The van der Waals surface area contributed by atoms with E-state index in [1.54, 1.807) is 0 Å². The molecule has 3 rings (SSSR count). The first kappa shape index (κ1) is 33.9. The summed E-state index contributed by atoms with van der Waals surface area (Å²) in [6, 6.07) is 5.40. The van der Waals surface area contributed by atoms with Crippen molar-refractivity contribution in [3.63, 3.8) is 0 Å². The molecule has 6 heteroatoms. The largest absolute Gasteiger partial charge is 0.369 e. The highest BCUT2D eigenvalue weighted by molar-refractivity contribution is 5.98. The van der Waals surface area contributed by atoms with Gasteiger partial charge in [0, 0.05) is 60.5 Å². The minimum Gasteiger partial charge on any atom is -0.369 e. The summed E-state index contributed by atoms with van der Waals surface area (Å²) in [5.41, 5.74) is 7.63. The van der Waals surface area contributed by atoms with Crippen LogP contribution in [0.15, 0.2) is 28.3 Å². The lowest BCUT2D eigenvalue weighted by molar-refractivity contribution is 0.0956. The van der Waals surface area contributed by atoms with Gasteiger partial charge in [0.05, 0.1) is 6.54 Å². The summed E-state index contributed by atoms with van der Waals surface area (Å²) in [6.45, 7) is 11.8. The van der Waals surface area contributed by atoms with Crippen molar-refractivity contribution in [3.8, 4) is 11.8 Å². The standard InChI is InChI=1S/C36H57N5O/c1-8-41(33-19-17-32(18-20-33)40(6)7)35-24-30(16-14-12-10-9-11-13-15-21-37-5)23-34(29(35)4)36(42)39-26-31-25-38-28(3)22-27(31)2/h23-24,32-33,37H,8-13,15,17-22,25-26H2,1-7H3,(H,39,42). The number of hydrogen-bond acceptors (Lipinski definition) is 5. The smallest absolute Gasteiger partial charge is 0.251 e. The van der Waals surface area contributed by atoms with Crippen molar-refractivity contribution >= 4 is 17.3 Å². The van der Waals surface area contributed by atoms with Crippen molar-refractivity contribution in [2.45, 2.75) is 110 Å². The van der Waals surface area contributed by atoms with Crippen molar-refractivity contribution < 1.29 is 4.79 Å². The molecular weight excluding hydrogens is 518 g/mol. The van der Waals surface area contributed by atoms with Gasteiger partial charge in [-0.25, -0.2) is 0 Å². The molecule has 0 saturated heterocycles. The fourth-order valence-corrected chi connectivity index (χ4v) is 6.45. The molecule has 0 atom stereocenters. The van der Waals surface area contributed by atoms with Gasteiger partial charge < -0.3 is 20.4 Å². The van der Waals surface area contributed by atoms with E-state index < -0.39 is 0 Å². The van der Waals surface area contributed by atoms with Crippen LogP contribution in [0.25, 0.3) is 0 Å². The molecule has 1 aliphatic heterocycles. The molecule has 1 saturated carbocycles. The number of carbonyl (C=O) groups excluding carboxylic acids is 1. The lowest BCUT2D eigenvalue weighted by Gasteiger charge is -2.40. The maximum Gasteiger partial charge on any atom is 0.251 e. The quantitative estimate of drug-likeness (QED) is 0.151. The molecule has 0 radical (unpaired) electrons. The SMILES string of the molecule is CCN(c1cc(C#CCCCCCCCNC)cc(C(=O)NCC2=C(C)CC(C)=NC2)c1C)C1CCC(N(C)C)CC1. The summed E-state index contributed by atoms with van der Waals surface area (Å²) < 4.78 is 0. The third-order valence-corrected chi connectivity index (χ3v) is 9.20. The molecule has 42 heavy (non-hydrogen) atoms. The monoisotopic (exact) mass is 575 g/mol. The Balaban J connectivity index is 1.79. The van der Waals surface area contributed by atoms with Crippen LogP contribution < -0.4 is 15.5 Å². The number of anilines is 1. The fourth-order valence-electron chi connectivity index (χ4n) is 6.45. The third-order valence-electron chi connectivity index (χ3n) is 9.20. The van der Waals surface area contributed by atoms with E-state index in [0.717, 1.165) is 49.0 Å². The van der Waals surface area contributed by atoms with Gasteiger partial charge in [-0.3, -0.25) is 9.79 Å². The van der Waals surface area contributed by atoms with Crippen LogP contribution in [0.1, 0.15) is 113 Å². The first-order valence-electron chi connectivity index (χ1n) is 16.4. The van der Waals surface area contributed by atoms with Crippen molar-refractivity contribution in [3.05, 3.63) is 40.0 Å². The number of unbranched alkanes of at least 4 members (excludes halogenated alkanes) is 5. The molecule has 2 N–H and O–H groups in total. The van der Waals surface area contributed by atoms with E-state index in [4.69, 9.17) is 0 Å². The van der Waals surface area contributed by atoms with Crippen LogP contribution in [0, 0.1) is 18.8 Å². The molecule has 0 bridgehead atoms. The number of aliphatic imine (C=N–C) groups is 1. The molecule has 232 valence electrons. The van der Waals surface area contributed by atoms with Crippen LogP contribution in [0.4, 0.5) is 5.69 Å². The minimum atomic E-state index is -0.0158. The van der Waals surface area contributed by atoms with Crippen LogP contribution >= 0.6 is 0 Å². The second-order valence-electron chi connectivity index (χ2n) is 12.6. The van der Waals surface area contributed by atoms with Gasteiger partial charge in [0.25, 0.3) is 5.91 Å². The van der Waals surface area contributed by atoms with Gasteiger partial charge >= 0.3 is 0 Å². The number of carbonyl (C=O) groups is 1. The molecule has 1 heterocycles. The maximum atomic E-state index is 13.7. The Bertz CT molecular complexity index is 1150. The Kier molecular flexibility index (Phi) is 14.1. The van der Waals surface area contributed by atoms with Gasteiger partial charge in [0.2, 0.25) is 0 Å². The maximum absolute atomic E-state index is 13.7. The van der Waals surface area contributed by atoms with Gasteiger partial charge in [0.1, 0.15) is 0 Å². The Hall–Kier alpha value is -2.62. The predicted octanol–water partition coefficient (Wildman–Crippen LogP) is 6.52. The molecule has 1 amide bonds. The van der Waals surface area contributed by atoms with Gasteiger partial charge in [-0.1, -0.05) is 36.7 Å². The van der Waals surface area contributed by atoms with Gasteiger partial charge in [-0.15, -0.1) is 0 Å². The van der Waals surface area contributed by atoms with E-state index in [2.05, 4.69) is 85.1 Å². The normalized spacial score (nSPS) is 18.9. The second kappa shape index (κ2) is 17.5. The zero-order valence-electron chi connectivity index (χ0n) is 27.7. The Morgan fingerprint density at radius 1 is 1.00 bits per heavy atom. The van der Waals surface area contributed by atoms with E-state index in [9.17, 15) is 4.79 Å². The Morgan fingerprint density at radius 3 is 2.36 bits per heavy atom. The molecular formula is C36H57N5O. The van der Waals surface area contributed by atoms with Gasteiger partial charge in [-0.2, -0.15) is 0 Å². The topological polar surface area (TPSA) is 60.0 Å². The van der Waals surface area contributed by atoms with Crippen LogP contribution in [-0.2, 0) is 0 Å². The molecule has 6 nitrogen and oxygen atoms in total. The molecule has 1 aliphatic carbocycles. The van der Waals surface area contributed by atoms with Crippen LogP contribution in [-0.4, -0.2) is 75.9 Å². The summed E-state index contributed by atoms with van der Waals surface area (Å²) in [6.07, 6.45) is 12.7. The molecule has 1 fully saturated rings. The van der Waals surface area contributed by atoms with Crippen LogP contribution in [0.3, 0.4) is 0 Å². The van der Waals surface area contributed by atoms with Crippen LogP contribution in [0.5, 0.6) is 0 Å².